The average Bonchev–Trinajstić information content (AvgIpc) is 3.02. The summed E-state index contributed by atoms with van der Waals surface area (Å²) < 4.78 is 0. The number of carbonyl (C=O) groups is 2. The van der Waals surface area contributed by atoms with Gasteiger partial charge in [0.15, 0.2) is 0 Å². The monoisotopic (exact) mass is 293 g/mol. The lowest BCUT2D eigenvalue weighted by molar-refractivity contribution is -0.147. The van der Waals surface area contributed by atoms with Crippen molar-refractivity contribution in [2.24, 2.45) is 0 Å². The summed E-state index contributed by atoms with van der Waals surface area (Å²) in [6.45, 7) is 2.21. The Kier molecular flexibility index (Phi) is 3.32. The number of amides is 1. The normalized spacial score (nSPS) is 25.6. The third kappa shape index (κ3) is 1.95. The Bertz CT molecular complexity index is 565. The van der Waals surface area contributed by atoms with Gasteiger partial charge in [-0.15, -0.1) is 11.3 Å². The van der Waals surface area contributed by atoms with Crippen LogP contribution in [-0.4, -0.2) is 34.0 Å². The second-order valence-electron chi connectivity index (χ2n) is 5.90. The second kappa shape index (κ2) is 4.88. The number of rotatable bonds is 2. The molecular formula is C15H19NO3S. The fraction of sp³-hybridized carbons (Fsp3) is 0.600. The maximum Gasteiger partial charge on any atom is 0.329 e. The zero-order valence-corrected chi connectivity index (χ0v) is 12.5. The Morgan fingerprint density at radius 2 is 2.05 bits per heavy atom. The van der Waals surface area contributed by atoms with Crippen LogP contribution in [-0.2, 0) is 17.6 Å². The molecule has 1 saturated heterocycles. The van der Waals surface area contributed by atoms with E-state index in [2.05, 4.69) is 0 Å². The van der Waals surface area contributed by atoms with E-state index in [4.69, 9.17) is 0 Å². The highest BCUT2D eigenvalue weighted by Crippen LogP contribution is 2.35. The molecule has 0 saturated carbocycles. The molecule has 1 N–H and O–H groups in total. The lowest BCUT2D eigenvalue weighted by atomic mass is 9.94. The average molecular weight is 293 g/mol. The fourth-order valence-corrected chi connectivity index (χ4v) is 4.45. The van der Waals surface area contributed by atoms with Gasteiger partial charge in [-0.3, -0.25) is 4.79 Å². The highest BCUT2D eigenvalue weighted by atomic mass is 32.1. The van der Waals surface area contributed by atoms with E-state index in [-0.39, 0.29) is 5.91 Å². The molecule has 1 aliphatic heterocycles. The van der Waals surface area contributed by atoms with Crippen LogP contribution in [0.25, 0.3) is 0 Å². The first-order valence-corrected chi connectivity index (χ1v) is 8.06. The molecule has 3 rings (SSSR count). The molecule has 5 heteroatoms. The van der Waals surface area contributed by atoms with E-state index in [1.165, 1.54) is 16.9 Å². The van der Waals surface area contributed by atoms with Gasteiger partial charge in [-0.2, -0.15) is 0 Å². The van der Waals surface area contributed by atoms with E-state index in [0.717, 1.165) is 31.2 Å². The van der Waals surface area contributed by atoms with Crippen molar-refractivity contribution in [2.45, 2.75) is 51.0 Å². The Balaban J connectivity index is 1.93. The van der Waals surface area contributed by atoms with Crippen molar-refractivity contribution in [2.75, 3.05) is 6.54 Å². The summed E-state index contributed by atoms with van der Waals surface area (Å²) in [5.41, 5.74) is 0.880. The van der Waals surface area contributed by atoms with Gasteiger partial charge in [-0.25, -0.2) is 4.79 Å². The number of nitrogens with zero attached hydrogens (tertiary/aromatic N) is 1. The van der Waals surface area contributed by atoms with Crippen LogP contribution in [0.4, 0.5) is 0 Å². The Morgan fingerprint density at radius 1 is 1.30 bits per heavy atom. The van der Waals surface area contributed by atoms with Crippen LogP contribution in [0.3, 0.4) is 0 Å². The van der Waals surface area contributed by atoms with Crippen LogP contribution in [0.1, 0.15) is 53.4 Å². The summed E-state index contributed by atoms with van der Waals surface area (Å²) in [7, 11) is 0. The van der Waals surface area contributed by atoms with Crippen molar-refractivity contribution in [1.82, 2.24) is 4.90 Å². The van der Waals surface area contributed by atoms with Gasteiger partial charge in [0.25, 0.3) is 5.91 Å². The van der Waals surface area contributed by atoms with Crippen molar-refractivity contribution < 1.29 is 14.7 Å². The molecule has 20 heavy (non-hydrogen) atoms. The van der Waals surface area contributed by atoms with Gasteiger partial charge in [0.1, 0.15) is 5.54 Å². The molecule has 0 bridgehead atoms. The molecule has 1 amide bonds. The lowest BCUT2D eigenvalue weighted by Crippen LogP contribution is -2.50. The van der Waals surface area contributed by atoms with Crippen LogP contribution in [0.15, 0.2) is 5.38 Å². The van der Waals surface area contributed by atoms with Gasteiger partial charge in [-0.05, 0) is 51.0 Å². The van der Waals surface area contributed by atoms with E-state index in [9.17, 15) is 14.7 Å². The Labute approximate surface area is 122 Å². The summed E-state index contributed by atoms with van der Waals surface area (Å²) in [6, 6.07) is 0. The minimum absolute atomic E-state index is 0.0909. The fourth-order valence-electron chi connectivity index (χ4n) is 3.33. The van der Waals surface area contributed by atoms with Gasteiger partial charge >= 0.3 is 5.97 Å². The first kappa shape index (κ1) is 13.6. The molecule has 2 aliphatic rings. The number of fused-ring (bicyclic) bond motifs is 1. The molecule has 2 heterocycles. The number of thiophene rings is 1. The summed E-state index contributed by atoms with van der Waals surface area (Å²) in [5.74, 6) is -0.987. The van der Waals surface area contributed by atoms with Gasteiger partial charge < -0.3 is 10.0 Å². The molecule has 4 nitrogen and oxygen atoms in total. The van der Waals surface area contributed by atoms with Crippen LogP contribution < -0.4 is 0 Å². The van der Waals surface area contributed by atoms with Crippen molar-refractivity contribution in [1.29, 1.82) is 0 Å². The van der Waals surface area contributed by atoms with Crippen molar-refractivity contribution >= 4 is 23.2 Å². The molecule has 1 fully saturated rings. The molecule has 0 aromatic carbocycles. The summed E-state index contributed by atoms with van der Waals surface area (Å²) in [4.78, 5) is 27.2. The third-order valence-corrected chi connectivity index (χ3v) is 5.73. The molecular weight excluding hydrogens is 274 g/mol. The zero-order valence-electron chi connectivity index (χ0n) is 11.6. The van der Waals surface area contributed by atoms with Crippen molar-refractivity contribution in [3.63, 3.8) is 0 Å². The number of hydrogen-bond donors (Lipinski definition) is 1. The third-order valence-electron chi connectivity index (χ3n) is 4.64. The minimum Gasteiger partial charge on any atom is -0.480 e. The highest BCUT2D eigenvalue weighted by molar-refractivity contribution is 7.10. The van der Waals surface area contributed by atoms with E-state index in [1.54, 1.807) is 23.2 Å². The molecule has 1 atom stereocenters. The van der Waals surface area contributed by atoms with Crippen LogP contribution in [0.5, 0.6) is 0 Å². The summed E-state index contributed by atoms with van der Waals surface area (Å²) in [6.07, 6.45) is 5.64. The summed E-state index contributed by atoms with van der Waals surface area (Å²) in [5, 5.41) is 11.4. The van der Waals surface area contributed by atoms with E-state index < -0.39 is 11.5 Å². The first-order chi connectivity index (χ1) is 9.54. The molecule has 0 spiro atoms. The molecule has 0 radical (unpaired) electrons. The molecule has 1 aliphatic carbocycles. The topological polar surface area (TPSA) is 57.6 Å². The Hall–Kier alpha value is -1.36. The van der Waals surface area contributed by atoms with Crippen LogP contribution in [0.2, 0.25) is 0 Å². The van der Waals surface area contributed by atoms with E-state index >= 15 is 0 Å². The number of carboxylic acid groups (broad SMARTS) is 1. The van der Waals surface area contributed by atoms with Gasteiger partial charge in [-0.1, -0.05) is 0 Å². The first-order valence-electron chi connectivity index (χ1n) is 7.18. The predicted molar refractivity (Wildman–Crippen MR) is 77.3 cm³/mol. The maximum atomic E-state index is 12.8. The lowest BCUT2D eigenvalue weighted by Gasteiger charge is -2.31. The SMILES string of the molecule is CC1(C(=O)O)CCCN1C(=O)c1csc2c1CCCC2. The van der Waals surface area contributed by atoms with Gasteiger partial charge in [0.2, 0.25) is 0 Å². The van der Waals surface area contributed by atoms with Crippen molar-refractivity contribution in [3.05, 3.63) is 21.4 Å². The van der Waals surface area contributed by atoms with Crippen LogP contribution >= 0.6 is 11.3 Å². The molecule has 1 aromatic rings. The molecule has 108 valence electrons. The smallest absolute Gasteiger partial charge is 0.329 e. The minimum atomic E-state index is -1.04. The van der Waals surface area contributed by atoms with E-state index in [1.807, 2.05) is 5.38 Å². The quantitative estimate of drug-likeness (QED) is 0.912. The zero-order chi connectivity index (χ0) is 14.3. The number of aryl methyl sites for hydroxylation is 1. The highest BCUT2D eigenvalue weighted by Gasteiger charge is 2.46. The van der Waals surface area contributed by atoms with Crippen LogP contribution in [0, 0.1) is 0 Å². The maximum absolute atomic E-state index is 12.8. The standard InChI is InChI=1S/C15H19NO3S/c1-15(14(18)19)7-4-8-16(15)13(17)11-9-20-12-6-3-2-5-10(11)12/h9H,2-8H2,1H3,(H,18,19). The second-order valence-corrected chi connectivity index (χ2v) is 6.86. The van der Waals surface area contributed by atoms with Crippen molar-refractivity contribution in [3.8, 4) is 0 Å². The largest absolute Gasteiger partial charge is 0.480 e. The molecule has 1 unspecified atom stereocenters. The number of aliphatic carboxylic acids is 1. The van der Waals surface area contributed by atoms with Gasteiger partial charge in [0.05, 0.1) is 5.56 Å². The molecule has 1 aromatic heterocycles. The predicted octanol–water partition coefficient (Wildman–Crippen LogP) is 2.71. The van der Waals surface area contributed by atoms with Gasteiger partial charge in [0, 0.05) is 16.8 Å². The summed E-state index contributed by atoms with van der Waals surface area (Å²) >= 11 is 1.65. The number of likely N-dealkylation sites (tertiary alicyclic amines) is 1. The Morgan fingerprint density at radius 3 is 2.80 bits per heavy atom. The number of carboxylic acids is 1. The number of hydrogen-bond acceptors (Lipinski definition) is 3. The number of carbonyl (C=O) groups excluding carboxylic acids is 1. The van der Waals surface area contributed by atoms with E-state index in [0.29, 0.717) is 13.0 Å².